The van der Waals surface area contributed by atoms with E-state index < -0.39 is 5.41 Å². The number of nitrogens with one attached hydrogen (secondary N) is 1. The van der Waals surface area contributed by atoms with Crippen LogP contribution in [0, 0.1) is 5.82 Å². The highest BCUT2D eigenvalue weighted by atomic mass is 32.1. The molecule has 0 aliphatic carbocycles. The van der Waals surface area contributed by atoms with Crippen molar-refractivity contribution in [1.82, 2.24) is 10.3 Å². The lowest BCUT2D eigenvalue weighted by Gasteiger charge is -2.26. The van der Waals surface area contributed by atoms with Crippen LogP contribution in [0.4, 0.5) is 4.39 Å². The molecule has 0 unspecified atom stereocenters. The van der Waals surface area contributed by atoms with Crippen molar-refractivity contribution in [2.45, 2.75) is 25.7 Å². The van der Waals surface area contributed by atoms with Gasteiger partial charge in [0.05, 0.1) is 18.4 Å². The first-order valence-corrected chi connectivity index (χ1v) is 8.84. The first-order valence-electron chi connectivity index (χ1n) is 7.96. The summed E-state index contributed by atoms with van der Waals surface area (Å²) in [6.07, 6.45) is 1.78. The van der Waals surface area contributed by atoms with Crippen molar-refractivity contribution in [3.05, 3.63) is 65.1 Å². The number of nitrogens with zero attached hydrogens (tertiary/aromatic N) is 1. The maximum absolute atomic E-state index is 14.0. The van der Waals surface area contributed by atoms with Gasteiger partial charge in [0.15, 0.2) is 10.8 Å². The van der Waals surface area contributed by atoms with Gasteiger partial charge in [0, 0.05) is 17.3 Å². The average molecular weight is 358 g/mol. The Morgan fingerprint density at radius 1 is 1.28 bits per heavy atom. The third kappa shape index (κ3) is 4.14. The van der Waals surface area contributed by atoms with E-state index in [1.54, 1.807) is 30.5 Å². The van der Waals surface area contributed by atoms with Crippen LogP contribution in [0.5, 0.6) is 0 Å². The standard InChI is InChI=1S/C19H19FN2O2S/c1-19(2,14-6-3-4-7-15(14)20)12-21-17(23)10-13-11-25-18(22-13)16-8-5-9-24-16/h3-9,11H,10,12H2,1-2H3,(H,21,23). The molecule has 25 heavy (non-hydrogen) atoms. The van der Waals surface area contributed by atoms with Gasteiger partial charge in [-0.05, 0) is 23.8 Å². The molecule has 3 rings (SSSR count). The molecule has 0 bridgehead atoms. The van der Waals surface area contributed by atoms with Gasteiger partial charge in [-0.15, -0.1) is 11.3 Å². The number of carbonyl (C=O) groups excluding carboxylic acids is 1. The smallest absolute Gasteiger partial charge is 0.226 e. The molecule has 0 aliphatic heterocycles. The number of hydrogen-bond acceptors (Lipinski definition) is 4. The first-order chi connectivity index (χ1) is 12.0. The van der Waals surface area contributed by atoms with E-state index in [-0.39, 0.29) is 18.1 Å². The van der Waals surface area contributed by atoms with Gasteiger partial charge >= 0.3 is 0 Å². The van der Waals surface area contributed by atoms with Crippen molar-refractivity contribution in [3.63, 3.8) is 0 Å². The molecular weight excluding hydrogens is 339 g/mol. The summed E-state index contributed by atoms with van der Waals surface area (Å²) in [5, 5.41) is 5.47. The lowest BCUT2D eigenvalue weighted by atomic mass is 9.84. The van der Waals surface area contributed by atoms with Crippen molar-refractivity contribution in [3.8, 4) is 10.8 Å². The fourth-order valence-electron chi connectivity index (χ4n) is 2.55. The van der Waals surface area contributed by atoms with Gasteiger partial charge in [0.2, 0.25) is 5.91 Å². The van der Waals surface area contributed by atoms with E-state index in [1.807, 2.05) is 25.3 Å². The second-order valence-electron chi connectivity index (χ2n) is 6.44. The summed E-state index contributed by atoms with van der Waals surface area (Å²) in [6, 6.07) is 10.3. The molecule has 1 N–H and O–H groups in total. The summed E-state index contributed by atoms with van der Waals surface area (Å²) < 4.78 is 19.3. The van der Waals surface area contributed by atoms with Crippen LogP contribution in [-0.4, -0.2) is 17.4 Å². The summed E-state index contributed by atoms with van der Waals surface area (Å²) >= 11 is 1.44. The van der Waals surface area contributed by atoms with Crippen molar-refractivity contribution >= 4 is 17.2 Å². The number of amides is 1. The molecule has 1 amide bonds. The minimum atomic E-state index is -0.498. The zero-order valence-electron chi connectivity index (χ0n) is 14.1. The Morgan fingerprint density at radius 3 is 2.80 bits per heavy atom. The molecule has 0 aliphatic rings. The Morgan fingerprint density at radius 2 is 2.08 bits per heavy atom. The van der Waals surface area contributed by atoms with Crippen LogP contribution in [0.1, 0.15) is 25.1 Å². The van der Waals surface area contributed by atoms with E-state index in [4.69, 9.17) is 4.42 Å². The fourth-order valence-corrected chi connectivity index (χ4v) is 3.34. The largest absolute Gasteiger partial charge is 0.462 e. The average Bonchev–Trinajstić information content (AvgIpc) is 3.24. The minimum Gasteiger partial charge on any atom is -0.462 e. The van der Waals surface area contributed by atoms with Gasteiger partial charge in [-0.25, -0.2) is 9.37 Å². The van der Waals surface area contributed by atoms with Crippen LogP contribution in [0.25, 0.3) is 10.8 Å². The monoisotopic (exact) mass is 358 g/mol. The summed E-state index contributed by atoms with van der Waals surface area (Å²) in [5.41, 5.74) is 0.782. The number of aromatic nitrogens is 1. The summed E-state index contributed by atoms with van der Waals surface area (Å²) in [4.78, 5) is 16.6. The molecule has 2 heterocycles. The number of halogens is 1. The molecule has 130 valence electrons. The Balaban J connectivity index is 1.59. The first kappa shape index (κ1) is 17.4. The number of benzene rings is 1. The van der Waals surface area contributed by atoms with Gasteiger partial charge in [0.25, 0.3) is 0 Å². The van der Waals surface area contributed by atoms with Gasteiger partial charge < -0.3 is 9.73 Å². The molecule has 0 saturated heterocycles. The Labute approximate surface area is 149 Å². The van der Waals surface area contributed by atoms with Crippen LogP contribution >= 0.6 is 11.3 Å². The quantitative estimate of drug-likeness (QED) is 0.719. The van der Waals surface area contributed by atoms with Gasteiger partial charge in [-0.2, -0.15) is 0 Å². The van der Waals surface area contributed by atoms with Crippen LogP contribution in [0.2, 0.25) is 0 Å². The second-order valence-corrected chi connectivity index (χ2v) is 7.30. The van der Waals surface area contributed by atoms with Gasteiger partial charge in [0.1, 0.15) is 5.82 Å². The Kier molecular flexibility index (Phi) is 4.99. The molecule has 6 heteroatoms. The van der Waals surface area contributed by atoms with Gasteiger partial charge in [-0.3, -0.25) is 4.79 Å². The predicted octanol–water partition coefficient (Wildman–Crippen LogP) is 4.18. The number of furan rings is 1. The number of rotatable bonds is 6. The molecule has 0 saturated carbocycles. The lowest BCUT2D eigenvalue weighted by Crippen LogP contribution is -2.38. The molecule has 0 spiro atoms. The summed E-state index contributed by atoms with van der Waals surface area (Å²) in [5.74, 6) is 0.294. The molecule has 4 nitrogen and oxygen atoms in total. The van der Waals surface area contributed by atoms with E-state index in [9.17, 15) is 9.18 Å². The van der Waals surface area contributed by atoms with E-state index in [1.165, 1.54) is 17.4 Å². The number of carbonyl (C=O) groups is 1. The van der Waals surface area contributed by atoms with Crippen molar-refractivity contribution in [2.24, 2.45) is 0 Å². The molecular formula is C19H19FN2O2S. The Hall–Kier alpha value is -2.47. The second kappa shape index (κ2) is 7.19. The van der Waals surface area contributed by atoms with Crippen LogP contribution in [0.15, 0.2) is 52.5 Å². The van der Waals surface area contributed by atoms with Crippen LogP contribution in [-0.2, 0) is 16.6 Å². The van der Waals surface area contributed by atoms with E-state index >= 15 is 0 Å². The zero-order valence-corrected chi connectivity index (χ0v) is 14.9. The van der Waals surface area contributed by atoms with E-state index in [0.29, 0.717) is 23.6 Å². The summed E-state index contributed by atoms with van der Waals surface area (Å²) in [7, 11) is 0. The van der Waals surface area contributed by atoms with E-state index in [0.717, 1.165) is 5.01 Å². The van der Waals surface area contributed by atoms with Crippen molar-refractivity contribution in [2.75, 3.05) is 6.54 Å². The zero-order chi connectivity index (χ0) is 17.9. The predicted molar refractivity (Wildman–Crippen MR) is 96.0 cm³/mol. The SMILES string of the molecule is CC(C)(CNC(=O)Cc1csc(-c2ccco2)n1)c1ccccc1F. The molecule has 2 aromatic heterocycles. The molecule has 3 aromatic rings. The third-order valence-electron chi connectivity index (χ3n) is 3.96. The number of thiazole rings is 1. The number of hydrogen-bond donors (Lipinski definition) is 1. The lowest BCUT2D eigenvalue weighted by molar-refractivity contribution is -0.120. The Bertz CT molecular complexity index is 856. The van der Waals surface area contributed by atoms with Crippen molar-refractivity contribution in [1.29, 1.82) is 0 Å². The normalized spacial score (nSPS) is 11.5. The molecule has 0 fully saturated rings. The molecule has 0 atom stereocenters. The maximum Gasteiger partial charge on any atom is 0.226 e. The van der Waals surface area contributed by atoms with Crippen molar-refractivity contribution < 1.29 is 13.6 Å². The third-order valence-corrected chi connectivity index (χ3v) is 4.86. The van der Waals surface area contributed by atoms with E-state index in [2.05, 4.69) is 10.3 Å². The van der Waals surface area contributed by atoms with Crippen LogP contribution in [0.3, 0.4) is 0 Å². The molecule has 1 aromatic carbocycles. The minimum absolute atomic E-state index is 0.138. The highest BCUT2D eigenvalue weighted by molar-refractivity contribution is 7.13. The van der Waals surface area contributed by atoms with Gasteiger partial charge in [-0.1, -0.05) is 32.0 Å². The molecule has 0 radical (unpaired) electrons. The maximum atomic E-state index is 14.0. The fraction of sp³-hybridized carbons (Fsp3) is 0.263. The van der Waals surface area contributed by atoms with Crippen LogP contribution < -0.4 is 5.32 Å². The highest BCUT2D eigenvalue weighted by Crippen LogP contribution is 2.25. The summed E-state index contributed by atoms with van der Waals surface area (Å²) in [6.45, 7) is 4.16. The topological polar surface area (TPSA) is 55.1 Å². The highest BCUT2D eigenvalue weighted by Gasteiger charge is 2.24.